The second-order valence-corrected chi connectivity index (χ2v) is 6.03. The van der Waals surface area contributed by atoms with Crippen molar-refractivity contribution in [1.29, 1.82) is 0 Å². The van der Waals surface area contributed by atoms with Gasteiger partial charge in [0.15, 0.2) is 11.5 Å². The summed E-state index contributed by atoms with van der Waals surface area (Å²) in [7, 11) is 0. The van der Waals surface area contributed by atoms with Crippen LogP contribution in [-0.2, 0) is 0 Å². The summed E-state index contributed by atoms with van der Waals surface area (Å²) < 4.78 is 11.9. The van der Waals surface area contributed by atoms with Gasteiger partial charge < -0.3 is 14.8 Å². The molecule has 0 amide bonds. The van der Waals surface area contributed by atoms with Crippen LogP contribution in [-0.4, -0.2) is 49.3 Å². The molecule has 0 radical (unpaired) electrons. The highest BCUT2D eigenvalue weighted by molar-refractivity contribution is 5.40. The first-order chi connectivity index (χ1) is 10.3. The third kappa shape index (κ3) is 3.33. The fourth-order valence-electron chi connectivity index (χ4n) is 3.24. The number of fused-ring (bicyclic) bond motifs is 1. The predicted molar refractivity (Wildman–Crippen MR) is 84.1 cm³/mol. The highest BCUT2D eigenvalue weighted by Crippen LogP contribution is 2.31. The third-order valence-corrected chi connectivity index (χ3v) is 4.58. The Kier molecular flexibility index (Phi) is 4.66. The van der Waals surface area contributed by atoms with E-state index in [1.54, 1.807) is 0 Å². The van der Waals surface area contributed by atoms with Gasteiger partial charge in [0, 0.05) is 31.7 Å². The van der Waals surface area contributed by atoms with Crippen LogP contribution in [0.3, 0.4) is 0 Å². The molecule has 2 aliphatic heterocycles. The average molecular weight is 290 g/mol. The topological polar surface area (TPSA) is 33.7 Å². The van der Waals surface area contributed by atoms with E-state index in [0.717, 1.165) is 31.1 Å². The Morgan fingerprint density at radius 1 is 1.19 bits per heavy atom. The van der Waals surface area contributed by atoms with Crippen LogP contribution in [0.1, 0.15) is 26.7 Å². The van der Waals surface area contributed by atoms with Crippen molar-refractivity contribution in [3.05, 3.63) is 24.3 Å². The number of ether oxygens (including phenoxy) is 2. The van der Waals surface area contributed by atoms with Crippen LogP contribution in [0.4, 0.5) is 0 Å². The number of rotatable bonds is 4. The van der Waals surface area contributed by atoms with E-state index in [9.17, 15) is 0 Å². The summed E-state index contributed by atoms with van der Waals surface area (Å²) in [4.78, 5) is 2.58. The molecule has 3 rings (SSSR count). The van der Waals surface area contributed by atoms with Gasteiger partial charge in [0.05, 0.1) is 0 Å². The van der Waals surface area contributed by atoms with Gasteiger partial charge in [0.25, 0.3) is 0 Å². The zero-order chi connectivity index (χ0) is 14.7. The fourth-order valence-corrected chi connectivity index (χ4v) is 3.24. The molecule has 4 nitrogen and oxygen atoms in total. The van der Waals surface area contributed by atoms with Crippen molar-refractivity contribution in [2.45, 2.75) is 44.9 Å². The van der Waals surface area contributed by atoms with Crippen LogP contribution in [0.15, 0.2) is 24.3 Å². The van der Waals surface area contributed by atoms with E-state index in [0.29, 0.717) is 18.7 Å². The lowest BCUT2D eigenvalue weighted by atomic mass is 10.0. The largest absolute Gasteiger partial charge is 0.486 e. The van der Waals surface area contributed by atoms with E-state index in [4.69, 9.17) is 9.47 Å². The monoisotopic (exact) mass is 290 g/mol. The van der Waals surface area contributed by atoms with Crippen LogP contribution in [0, 0.1) is 0 Å². The molecule has 2 aliphatic rings. The minimum absolute atomic E-state index is 0.129. The lowest BCUT2D eigenvalue weighted by Gasteiger charge is -2.42. The molecule has 21 heavy (non-hydrogen) atoms. The summed E-state index contributed by atoms with van der Waals surface area (Å²) >= 11 is 0. The maximum Gasteiger partial charge on any atom is 0.161 e. The van der Waals surface area contributed by atoms with E-state index in [1.165, 1.54) is 12.8 Å². The van der Waals surface area contributed by atoms with Crippen LogP contribution in [0.5, 0.6) is 11.5 Å². The molecule has 1 N–H and O–H groups in total. The van der Waals surface area contributed by atoms with Gasteiger partial charge >= 0.3 is 0 Å². The zero-order valence-corrected chi connectivity index (χ0v) is 13.0. The van der Waals surface area contributed by atoms with E-state index in [1.807, 2.05) is 24.3 Å². The van der Waals surface area contributed by atoms with Crippen molar-refractivity contribution >= 4 is 0 Å². The Morgan fingerprint density at radius 2 is 2.00 bits per heavy atom. The van der Waals surface area contributed by atoms with Crippen molar-refractivity contribution < 1.29 is 9.47 Å². The van der Waals surface area contributed by atoms with Gasteiger partial charge in [0.1, 0.15) is 12.7 Å². The summed E-state index contributed by atoms with van der Waals surface area (Å²) in [6, 6.07) is 9.15. The number of hydrogen-bond donors (Lipinski definition) is 1. The van der Waals surface area contributed by atoms with Gasteiger partial charge in [-0.1, -0.05) is 26.0 Å². The minimum Gasteiger partial charge on any atom is -0.486 e. The molecule has 0 bridgehead atoms. The summed E-state index contributed by atoms with van der Waals surface area (Å²) in [5.41, 5.74) is 0. The number of benzene rings is 1. The number of para-hydroxylation sites is 2. The van der Waals surface area contributed by atoms with E-state index < -0.39 is 0 Å². The Labute approximate surface area is 127 Å². The van der Waals surface area contributed by atoms with E-state index in [-0.39, 0.29) is 6.10 Å². The SMILES string of the molecule is CCC1CN(CC2COc3ccccc3O2)C(CC)CN1. The van der Waals surface area contributed by atoms with Crippen molar-refractivity contribution in [1.82, 2.24) is 10.2 Å². The molecular formula is C17H26N2O2. The molecule has 116 valence electrons. The quantitative estimate of drug-likeness (QED) is 0.922. The summed E-state index contributed by atoms with van der Waals surface area (Å²) in [5, 5.41) is 3.64. The maximum atomic E-state index is 6.11. The first kappa shape index (κ1) is 14.7. The van der Waals surface area contributed by atoms with Crippen molar-refractivity contribution in [3.63, 3.8) is 0 Å². The summed E-state index contributed by atoms with van der Waals surface area (Å²) in [5.74, 6) is 1.75. The third-order valence-electron chi connectivity index (χ3n) is 4.58. The van der Waals surface area contributed by atoms with Crippen LogP contribution in [0.25, 0.3) is 0 Å². The standard InChI is InChI=1S/C17H26N2O2/c1-3-13-10-19(14(4-2)9-18-13)11-15-12-20-16-7-5-6-8-17(16)21-15/h5-8,13-15,18H,3-4,9-12H2,1-2H3. The lowest BCUT2D eigenvalue weighted by molar-refractivity contribution is 0.0290. The lowest BCUT2D eigenvalue weighted by Crippen LogP contribution is -2.58. The van der Waals surface area contributed by atoms with Gasteiger partial charge in [0.2, 0.25) is 0 Å². The van der Waals surface area contributed by atoms with Gasteiger partial charge in [-0.2, -0.15) is 0 Å². The Balaban J connectivity index is 1.63. The predicted octanol–water partition coefficient (Wildman–Crippen LogP) is 2.29. The van der Waals surface area contributed by atoms with Crippen molar-refractivity contribution in [2.75, 3.05) is 26.2 Å². The molecule has 1 fully saturated rings. The van der Waals surface area contributed by atoms with Gasteiger partial charge in [-0.05, 0) is 25.0 Å². The molecule has 0 aromatic heterocycles. The van der Waals surface area contributed by atoms with Gasteiger partial charge in [-0.15, -0.1) is 0 Å². The molecule has 3 atom stereocenters. The first-order valence-corrected chi connectivity index (χ1v) is 8.16. The molecule has 0 spiro atoms. The van der Waals surface area contributed by atoms with E-state index in [2.05, 4.69) is 24.1 Å². The van der Waals surface area contributed by atoms with Crippen LogP contribution in [0.2, 0.25) is 0 Å². The smallest absolute Gasteiger partial charge is 0.161 e. The van der Waals surface area contributed by atoms with Crippen molar-refractivity contribution in [3.8, 4) is 11.5 Å². The number of nitrogens with zero attached hydrogens (tertiary/aromatic N) is 1. The Hall–Kier alpha value is -1.26. The van der Waals surface area contributed by atoms with Gasteiger partial charge in [-0.25, -0.2) is 0 Å². The first-order valence-electron chi connectivity index (χ1n) is 8.16. The number of nitrogens with one attached hydrogen (secondary N) is 1. The Bertz CT molecular complexity index is 466. The fraction of sp³-hybridized carbons (Fsp3) is 0.647. The van der Waals surface area contributed by atoms with Crippen LogP contribution >= 0.6 is 0 Å². The second-order valence-electron chi connectivity index (χ2n) is 6.03. The summed E-state index contributed by atoms with van der Waals surface area (Å²) in [6.45, 7) is 8.30. The van der Waals surface area contributed by atoms with Crippen molar-refractivity contribution in [2.24, 2.45) is 0 Å². The number of piperazine rings is 1. The molecular weight excluding hydrogens is 264 g/mol. The summed E-state index contributed by atoms with van der Waals surface area (Å²) in [6.07, 6.45) is 2.48. The molecule has 3 unspecified atom stereocenters. The minimum atomic E-state index is 0.129. The zero-order valence-electron chi connectivity index (χ0n) is 13.0. The second kappa shape index (κ2) is 6.67. The molecule has 1 aromatic rings. The van der Waals surface area contributed by atoms with Gasteiger partial charge in [-0.3, -0.25) is 4.90 Å². The van der Waals surface area contributed by atoms with E-state index >= 15 is 0 Å². The average Bonchev–Trinajstić information content (AvgIpc) is 2.54. The highest BCUT2D eigenvalue weighted by Gasteiger charge is 2.30. The molecule has 0 saturated carbocycles. The molecule has 0 aliphatic carbocycles. The Morgan fingerprint density at radius 3 is 2.76 bits per heavy atom. The van der Waals surface area contributed by atoms with Crippen LogP contribution < -0.4 is 14.8 Å². The molecule has 4 heteroatoms. The molecule has 1 aromatic carbocycles. The normalized spacial score (nSPS) is 29.3. The molecule has 2 heterocycles. The molecule has 1 saturated heterocycles. The highest BCUT2D eigenvalue weighted by atomic mass is 16.6. The number of hydrogen-bond acceptors (Lipinski definition) is 4. The maximum absolute atomic E-state index is 6.11.